The highest BCUT2D eigenvalue weighted by atomic mass is 19.4. The van der Waals surface area contributed by atoms with Crippen molar-refractivity contribution in [2.24, 2.45) is 17.8 Å². The van der Waals surface area contributed by atoms with E-state index < -0.39 is 11.7 Å². The van der Waals surface area contributed by atoms with Gasteiger partial charge in [0.2, 0.25) is 0 Å². The van der Waals surface area contributed by atoms with Crippen molar-refractivity contribution in [3.05, 3.63) is 70.3 Å². The second kappa shape index (κ2) is 11.1. The molecule has 2 heterocycles. The number of aryl methyl sites for hydroxylation is 2. The Kier molecular flexibility index (Phi) is 7.26. The summed E-state index contributed by atoms with van der Waals surface area (Å²) in [7, 11) is 0. The highest BCUT2D eigenvalue weighted by Crippen LogP contribution is 2.38. The van der Waals surface area contributed by atoms with Gasteiger partial charge >= 0.3 is 6.18 Å². The molecule has 3 fully saturated rings. The van der Waals surface area contributed by atoms with Crippen LogP contribution in [0, 0.1) is 31.6 Å². The largest absolute Gasteiger partial charge is 0.416 e. The zero-order valence-electron chi connectivity index (χ0n) is 24.8. The van der Waals surface area contributed by atoms with Crippen LogP contribution in [0.15, 0.2) is 42.5 Å². The highest BCUT2D eigenvalue weighted by Gasteiger charge is 2.33. The molecule has 0 aliphatic heterocycles. The lowest BCUT2D eigenvalue weighted by Gasteiger charge is -2.29. The molecule has 3 saturated carbocycles. The summed E-state index contributed by atoms with van der Waals surface area (Å²) in [5, 5.41) is 14.5. The standard InChI is InChI=1S/C33H38F3N7/c1-21-12-26(14-29(13-21)33(34,35)36)18-42(32-38-40-43(39-32)19-25-10-11-25)20-28-15-27-5-3-4-22(2)30(27)37-31(28)41(16-23-6-7-23)17-24-8-9-24/h3-5,12-15,23-25H,6-11,16-20H2,1-2H3. The van der Waals surface area contributed by atoms with Gasteiger partial charge in [0.25, 0.3) is 5.95 Å². The number of rotatable bonds is 12. The zero-order chi connectivity index (χ0) is 29.7. The van der Waals surface area contributed by atoms with Gasteiger partial charge in [0.15, 0.2) is 0 Å². The normalized spacial score (nSPS) is 17.0. The molecule has 0 amide bonds. The molecule has 2 aromatic heterocycles. The van der Waals surface area contributed by atoms with Crippen molar-refractivity contribution in [1.82, 2.24) is 25.2 Å². The lowest BCUT2D eigenvalue weighted by atomic mass is 10.0. The topological polar surface area (TPSA) is 63.0 Å². The molecule has 2 aromatic carbocycles. The van der Waals surface area contributed by atoms with Crippen LogP contribution in [-0.4, -0.2) is 38.3 Å². The van der Waals surface area contributed by atoms with Crippen LogP contribution in [0.1, 0.15) is 66.3 Å². The molecule has 0 atom stereocenters. The maximum atomic E-state index is 13.8. The third-order valence-corrected chi connectivity index (χ3v) is 8.80. The molecule has 3 aliphatic rings. The predicted molar refractivity (Wildman–Crippen MR) is 161 cm³/mol. The highest BCUT2D eigenvalue weighted by molar-refractivity contribution is 5.84. The lowest BCUT2D eigenvalue weighted by Crippen LogP contribution is -2.32. The number of alkyl halides is 3. The molecule has 226 valence electrons. The molecular formula is C33H38F3N7. The molecule has 10 heteroatoms. The molecule has 7 rings (SSSR count). The van der Waals surface area contributed by atoms with Crippen LogP contribution in [0.3, 0.4) is 0 Å². The minimum absolute atomic E-state index is 0.219. The minimum Gasteiger partial charge on any atom is -0.356 e. The van der Waals surface area contributed by atoms with Crippen LogP contribution in [0.5, 0.6) is 0 Å². The van der Waals surface area contributed by atoms with Gasteiger partial charge in [0.05, 0.1) is 17.6 Å². The number of halogens is 3. The van der Waals surface area contributed by atoms with Gasteiger partial charge in [-0.3, -0.25) is 0 Å². The fourth-order valence-electron chi connectivity index (χ4n) is 5.95. The Labute approximate surface area is 250 Å². The van der Waals surface area contributed by atoms with Crippen molar-refractivity contribution in [1.29, 1.82) is 0 Å². The molecular weight excluding hydrogens is 551 g/mol. The lowest BCUT2D eigenvalue weighted by molar-refractivity contribution is -0.137. The van der Waals surface area contributed by atoms with Gasteiger partial charge in [0.1, 0.15) is 5.82 Å². The van der Waals surface area contributed by atoms with E-state index in [-0.39, 0.29) is 6.54 Å². The van der Waals surface area contributed by atoms with Gasteiger partial charge in [0, 0.05) is 37.1 Å². The van der Waals surface area contributed by atoms with Crippen molar-refractivity contribution >= 4 is 22.7 Å². The molecule has 0 saturated heterocycles. The Hall–Kier alpha value is -3.69. The molecule has 0 spiro atoms. The van der Waals surface area contributed by atoms with Crippen LogP contribution in [0.2, 0.25) is 0 Å². The van der Waals surface area contributed by atoms with Crippen molar-refractivity contribution in [2.45, 2.75) is 78.2 Å². The number of tetrazole rings is 1. The summed E-state index contributed by atoms with van der Waals surface area (Å²) in [5.74, 6) is 3.33. The molecule has 7 nitrogen and oxygen atoms in total. The van der Waals surface area contributed by atoms with E-state index in [1.54, 1.807) is 11.7 Å². The van der Waals surface area contributed by atoms with Crippen LogP contribution < -0.4 is 9.80 Å². The molecule has 0 bridgehead atoms. The van der Waals surface area contributed by atoms with Gasteiger partial charge in [-0.15, -0.1) is 5.10 Å². The summed E-state index contributed by atoms with van der Waals surface area (Å²) in [5.41, 5.74) is 3.64. The minimum atomic E-state index is -4.42. The average molecular weight is 590 g/mol. The third kappa shape index (κ3) is 6.78. The van der Waals surface area contributed by atoms with Crippen LogP contribution in [-0.2, 0) is 25.8 Å². The number of hydrogen-bond acceptors (Lipinski definition) is 6. The number of pyridine rings is 1. The van der Waals surface area contributed by atoms with Crippen molar-refractivity contribution in [3.8, 4) is 0 Å². The maximum Gasteiger partial charge on any atom is 0.416 e. The Morgan fingerprint density at radius 1 is 0.860 bits per heavy atom. The van der Waals surface area contributed by atoms with E-state index in [2.05, 4.69) is 40.3 Å². The number of hydrogen-bond donors (Lipinski definition) is 0. The number of fused-ring (bicyclic) bond motifs is 1. The first-order chi connectivity index (χ1) is 20.7. The number of para-hydroxylation sites is 1. The van der Waals surface area contributed by atoms with Crippen molar-refractivity contribution in [2.75, 3.05) is 22.9 Å². The second-order valence-corrected chi connectivity index (χ2v) is 13.1. The van der Waals surface area contributed by atoms with Gasteiger partial charge in [-0.05, 0) is 105 Å². The first-order valence-corrected chi connectivity index (χ1v) is 15.5. The SMILES string of the molecule is Cc1cc(CN(Cc2cc3cccc(C)c3nc2N(CC2CC2)CC2CC2)c2nnn(CC3CC3)n2)cc(C(F)(F)F)c1. The van der Waals surface area contributed by atoms with Gasteiger partial charge < -0.3 is 9.80 Å². The fraction of sp³-hybridized carbons (Fsp3) is 0.515. The number of benzene rings is 2. The first kappa shape index (κ1) is 28.1. The Balaban J connectivity index is 1.29. The summed E-state index contributed by atoms with van der Waals surface area (Å²) >= 11 is 0. The van der Waals surface area contributed by atoms with E-state index in [9.17, 15) is 13.2 Å². The number of aromatic nitrogens is 5. The van der Waals surface area contributed by atoms with Crippen LogP contribution >= 0.6 is 0 Å². The Bertz CT molecular complexity index is 1600. The third-order valence-electron chi connectivity index (χ3n) is 8.80. The molecule has 4 aromatic rings. The predicted octanol–water partition coefficient (Wildman–Crippen LogP) is 7.10. The molecule has 43 heavy (non-hydrogen) atoms. The quantitative estimate of drug-likeness (QED) is 0.176. The number of anilines is 2. The van der Waals surface area contributed by atoms with E-state index >= 15 is 0 Å². The summed E-state index contributed by atoms with van der Waals surface area (Å²) in [6.07, 6.45) is 2.89. The van der Waals surface area contributed by atoms with E-state index in [0.29, 0.717) is 47.9 Å². The van der Waals surface area contributed by atoms with Gasteiger partial charge in [-0.2, -0.15) is 18.0 Å². The van der Waals surface area contributed by atoms with E-state index in [1.807, 2.05) is 17.0 Å². The molecule has 0 radical (unpaired) electrons. The number of nitrogens with zero attached hydrogens (tertiary/aromatic N) is 7. The fourth-order valence-corrected chi connectivity index (χ4v) is 5.95. The molecule has 0 unspecified atom stereocenters. The zero-order valence-corrected chi connectivity index (χ0v) is 24.8. The van der Waals surface area contributed by atoms with E-state index in [1.165, 1.54) is 37.8 Å². The monoisotopic (exact) mass is 589 g/mol. The molecule has 3 aliphatic carbocycles. The first-order valence-electron chi connectivity index (χ1n) is 15.5. The second-order valence-electron chi connectivity index (χ2n) is 13.1. The summed E-state index contributed by atoms with van der Waals surface area (Å²) < 4.78 is 41.3. The van der Waals surface area contributed by atoms with Crippen LogP contribution in [0.4, 0.5) is 24.9 Å². The molecule has 0 N–H and O–H groups in total. The average Bonchev–Trinajstić information content (AvgIpc) is 3.83. The Morgan fingerprint density at radius 3 is 2.26 bits per heavy atom. The van der Waals surface area contributed by atoms with Crippen molar-refractivity contribution < 1.29 is 13.2 Å². The Morgan fingerprint density at radius 2 is 1.58 bits per heavy atom. The summed E-state index contributed by atoms with van der Waals surface area (Å²) in [6.45, 7) is 7.10. The van der Waals surface area contributed by atoms with E-state index in [0.717, 1.165) is 53.8 Å². The van der Waals surface area contributed by atoms with Crippen LogP contribution in [0.25, 0.3) is 10.9 Å². The maximum absolute atomic E-state index is 13.8. The van der Waals surface area contributed by atoms with E-state index in [4.69, 9.17) is 10.1 Å². The summed E-state index contributed by atoms with van der Waals surface area (Å²) in [6, 6.07) is 12.7. The summed E-state index contributed by atoms with van der Waals surface area (Å²) in [4.78, 5) is 11.4. The smallest absolute Gasteiger partial charge is 0.356 e. The van der Waals surface area contributed by atoms with Gasteiger partial charge in [-0.1, -0.05) is 34.9 Å². The van der Waals surface area contributed by atoms with Gasteiger partial charge in [-0.25, -0.2) is 4.98 Å². The van der Waals surface area contributed by atoms with Crippen molar-refractivity contribution in [3.63, 3.8) is 0 Å².